The highest BCUT2D eigenvalue weighted by molar-refractivity contribution is 5.98. The number of carbonyl (C=O) groups is 1. The van der Waals surface area contributed by atoms with Gasteiger partial charge in [0.25, 0.3) is 5.91 Å². The number of nitrogens with two attached hydrogens (primary N) is 1. The van der Waals surface area contributed by atoms with Crippen molar-refractivity contribution in [2.45, 2.75) is 38.3 Å². The Bertz CT molecular complexity index is 1410. The van der Waals surface area contributed by atoms with Gasteiger partial charge in [-0.1, -0.05) is 24.3 Å². The number of aromatic nitrogens is 4. The third kappa shape index (κ3) is 4.97. The van der Waals surface area contributed by atoms with E-state index in [0.29, 0.717) is 34.2 Å². The number of hydrogen-bond donors (Lipinski definition) is 3. The third-order valence-electron chi connectivity index (χ3n) is 7.03. The maximum Gasteiger partial charge on any atom is 0.255 e. The number of fused-ring (bicyclic) bond motifs is 1. The van der Waals surface area contributed by atoms with Crippen LogP contribution in [0.3, 0.4) is 0 Å². The zero-order valence-electron chi connectivity index (χ0n) is 20.5. The van der Waals surface area contributed by atoms with E-state index in [4.69, 9.17) is 15.6 Å². The summed E-state index contributed by atoms with van der Waals surface area (Å²) in [5.74, 6) is 0.0852. The fourth-order valence-electron chi connectivity index (χ4n) is 4.94. The van der Waals surface area contributed by atoms with Gasteiger partial charge in [0, 0.05) is 18.7 Å². The van der Waals surface area contributed by atoms with E-state index in [9.17, 15) is 14.3 Å². The zero-order chi connectivity index (χ0) is 25.9. The number of halogens is 1. The first-order valence-corrected chi connectivity index (χ1v) is 12.3. The predicted octanol–water partition coefficient (Wildman–Crippen LogP) is 3.88. The molecule has 4 N–H and O–H groups in total. The second-order valence-corrected chi connectivity index (χ2v) is 9.33. The maximum atomic E-state index is 13.6. The average Bonchev–Trinajstić information content (AvgIpc) is 3.33. The first-order chi connectivity index (χ1) is 18.0. The van der Waals surface area contributed by atoms with E-state index < -0.39 is 11.7 Å². The van der Waals surface area contributed by atoms with Crippen molar-refractivity contribution in [2.24, 2.45) is 5.92 Å². The molecule has 0 saturated heterocycles. The number of aliphatic hydroxyl groups is 1. The van der Waals surface area contributed by atoms with Gasteiger partial charge in [-0.05, 0) is 55.4 Å². The van der Waals surface area contributed by atoms with E-state index in [0.717, 1.165) is 42.9 Å². The molecule has 0 radical (unpaired) electrons. The largest absolute Gasteiger partial charge is 0.496 e. The van der Waals surface area contributed by atoms with Gasteiger partial charge in [-0.3, -0.25) is 4.79 Å². The van der Waals surface area contributed by atoms with Crippen molar-refractivity contribution in [3.63, 3.8) is 0 Å². The summed E-state index contributed by atoms with van der Waals surface area (Å²) in [4.78, 5) is 21.3. The molecule has 192 valence electrons. The van der Waals surface area contributed by atoms with Gasteiger partial charge in [0.05, 0.1) is 24.1 Å². The second kappa shape index (κ2) is 10.5. The summed E-state index contributed by atoms with van der Waals surface area (Å²) in [5.41, 5.74) is 9.53. The van der Waals surface area contributed by atoms with Crippen molar-refractivity contribution in [2.75, 3.05) is 19.5 Å². The van der Waals surface area contributed by atoms with Gasteiger partial charge in [-0.25, -0.2) is 19.0 Å². The topological polar surface area (TPSA) is 128 Å². The highest BCUT2D eigenvalue weighted by atomic mass is 19.1. The molecule has 0 spiro atoms. The molecule has 1 fully saturated rings. The monoisotopic (exact) mass is 504 g/mol. The second-order valence-electron chi connectivity index (χ2n) is 9.33. The number of methoxy groups -OCH3 is 1. The molecule has 37 heavy (non-hydrogen) atoms. The fraction of sp³-hybridized carbons (Fsp3) is 0.333. The number of anilines is 1. The normalized spacial score (nSPS) is 17.6. The van der Waals surface area contributed by atoms with Crippen molar-refractivity contribution in [3.05, 3.63) is 65.7 Å². The molecule has 4 aromatic rings. The van der Waals surface area contributed by atoms with Crippen LogP contribution in [-0.4, -0.2) is 44.5 Å². The van der Waals surface area contributed by atoms with Crippen molar-refractivity contribution in [3.8, 4) is 17.0 Å². The van der Waals surface area contributed by atoms with Crippen molar-refractivity contribution >= 4 is 22.8 Å². The van der Waals surface area contributed by atoms with E-state index in [1.807, 2.05) is 28.9 Å². The molecule has 2 aromatic carbocycles. The highest BCUT2D eigenvalue weighted by Crippen LogP contribution is 2.37. The lowest BCUT2D eigenvalue weighted by Crippen LogP contribution is -2.23. The molecule has 0 aliphatic heterocycles. The smallest absolute Gasteiger partial charge is 0.255 e. The minimum atomic E-state index is -0.508. The molecule has 5 rings (SSSR count). The van der Waals surface area contributed by atoms with Crippen LogP contribution in [0, 0.1) is 11.7 Å². The lowest BCUT2D eigenvalue weighted by atomic mass is 9.87. The summed E-state index contributed by atoms with van der Waals surface area (Å²) in [6.07, 6.45) is 5.18. The Balaban J connectivity index is 1.36. The van der Waals surface area contributed by atoms with Crippen LogP contribution in [-0.2, 0) is 6.54 Å². The van der Waals surface area contributed by atoms with Crippen molar-refractivity contribution < 1.29 is 19.0 Å². The Kier molecular flexibility index (Phi) is 7.00. The van der Waals surface area contributed by atoms with Crippen LogP contribution in [0.5, 0.6) is 5.75 Å². The van der Waals surface area contributed by atoms with Gasteiger partial charge >= 0.3 is 0 Å². The molecule has 2 aromatic heterocycles. The number of ether oxygens (including phenoxy) is 1. The predicted molar refractivity (Wildman–Crippen MR) is 137 cm³/mol. The molecule has 1 amide bonds. The molecule has 9 nitrogen and oxygen atoms in total. The summed E-state index contributed by atoms with van der Waals surface area (Å²) < 4.78 is 20.8. The molecule has 0 bridgehead atoms. The van der Waals surface area contributed by atoms with E-state index in [1.165, 1.54) is 25.6 Å². The molecular weight excluding hydrogens is 475 g/mol. The summed E-state index contributed by atoms with van der Waals surface area (Å²) in [6, 6.07) is 11.7. The Morgan fingerprint density at radius 3 is 2.62 bits per heavy atom. The van der Waals surface area contributed by atoms with Gasteiger partial charge in [-0.2, -0.15) is 5.10 Å². The lowest BCUT2D eigenvalue weighted by molar-refractivity contribution is 0.0947. The number of nitrogens with zero attached hydrogens (tertiary/aromatic N) is 4. The summed E-state index contributed by atoms with van der Waals surface area (Å²) >= 11 is 0. The lowest BCUT2D eigenvalue weighted by Gasteiger charge is -2.27. The third-order valence-corrected chi connectivity index (χ3v) is 7.03. The number of benzene rings is 2. The quantitative estimate of drug-likeness (QED) is 0.348. The Morgan fingerprint density at radius 2 is 1.92 bits per heavy atom. The van der Waals surface area contributed by atoms with Crippen LogP contribution in [0.1, 0.15) is 47.6 Å². The summed E-state index contributed by atoms with van der Waals surface area (Å²) in [5, 5.41) is 17.9. The van der Waals surface area contributed by atoms with Gasteiger partial charge in [-0.15, -0.1) is 0 Å². The number of nitrogen functional groups attached to an aromatic ring is 1. The van der Waals surface area contributed by atoms with Gasteiger partial charge < -0.3 is 20.9 Å². The minimum absolute atomic E-state index is 0.139. The zero-order valence-corrected chi connectivity index (χ0v) is 20.5. The highest BCUT2D eigenvalue weighted by Gasteiger charge is 2.26. The van der Waals surface area contributed by atoms with Crippen molar-refractivity contribution in [1.29, 1.82) is 0 Å². The number of carbonyl (C=O) groups excluding carboxylic acids is 1. The van der Waals surface area contributed by atoms with E-state index in [-0.39, 0.29) is 24.8 Å². The molecule has 1 saturated carbocycles. The van der Waals surface area contributed by atoms with Crippen LogP contribution < -0.4 is 15.8 Å². The number of hydrogen-bond acceptors (Lipinski definition) is 7. The molecular formula is C27H29FN6O3. The van der Waals surface area contributed by atoms with Crippen molar-refractivity contribution in [1.82, 2.24) is 25.1 Å². The Hall–Kier alpha value is -4.05. The molecule has 0 unspecified atom stereocenters. The number of amides is 1. The molecule has 2 heterocycles. The minimum Gasteiger partial charge on any atom is -0.496 e. The summed E-state index contributed by atoms with van der Waals surface area (Å²) in [6.45, 7) is 0.475. The standard InChI is InChI=1S/C27H29FN6O3/c1-37-22-11-8-19(28)12-21(22)27(36)30-13-16-2-6-18(7-3-16)24-23-25(29)31-15-32-26(23)34(33-24)20-9-4-17(14-35)5-10-20/h2-3,6-8,11-12,15,17,20,35H,4-5,9-10,13-14H2,1H3,(H,30,36)(H2,29,31,32). The first kappa shape index (κ1) is 24.6. The molecule has 1 aliphatic rings. The van der Waals surface area contributed by atoms with Crippen LogP contribution in [0.4, 0.5) is 10.2 Å². The van der Waals surface area contributed by atoms with E-state index >= 15 is 0 Å². The van der Waals surface area contributed by atoms with Crippen LogP contribution >= 0.6 is 0 Å². The molecule has 1 aliphatic carbocycles. The SMILES string of the molecule is COc1ccc(F)cc1C(=O)NCc1ccc(-c2nn(C3CCC(CO)CC3)c3ncnc(N)c23)cc1. The molecule has 10 heteroatoms. The van der Waals surface area contributed by atoms with E-state index in [1.54, 1.807) is 0 Å². The van der Waals surface area contributed by atoms with Gasteiger partial charge in [0.2, 0.25) is 0 Å². The number of aliphatic hydroxyl groups excluding tert-OH is 1. The molecule has 0 atom stereocenters. The van der Waals surface area contributed by atoms with Gasteiger partial charge in [0.1, 0.15) is 29.4 Å². The Morgan fingerprint density at radius 1 is 1.16 bits per heavy atom. The fourth-order valence-corrected chi connectivity index (χ4v) is 4.94. The Labute approximate surface area is 213 Å². The van der Waals surface area contributed by atoms with E-state index in [2.05, 4.69) is 15.3 Å². The number of rotatable bonds is 7. The first-order valence-electron chi connectivity index (χ1n) is 12.3. The number of nitrogens with one attached hydrogen (secondary N) is 1. The summed E-state index contributed by atoms with van der Waals surface area (Å²) in [7, 11) is 1.44. The van der Waals surface area contributed by atoms with Gasteiger partial charge in [0.15, 0.2) is 5.65 Å². The maximum absolute atomic E-state index is 13.6. The van der Waals surface area contributed by atoms with Crippen LogP contribution in [0.25, 0.3) is 22.3 Å². The average molecular weight is 505 g/mol. The van der Waals surface area contributed by atoms with Crippen LogP contribution in [0.15, 0.2) is 48.8 Å². The van der Waals surface area contributed by atoms with Crippen LogP contribution in [0.2, 0.25) is 0 Å².